The van der Waals surface area contributed by atoms with Crippen molar-refractivity contribution in [1.29, 1.82) is 0 Å². The van der Waals surface area contributed by atoms with Crippen LogP contribution in [0.3, 0.4) is 0 Å². The Balaban J connectivity index is 0.000000345. The van der Waals surface area contributed by atoms with Gasteiger partial charge in [0.15, 0.2) is 0 Å². The van der Waals surface area contributed by atoms with E-state index in [9.17, 15) is 38.4 Å². The first-order chi connectivity index (χ1) is 44.4. The predicted octanol–water partition coefficient (Wildman–Crippen LogP) is 16.1. The summed E-state index contributed by atoms with van der Waals surface area (Å²) in [5, 5.41) is 0. The van der Waals surface area contributed by atoms with Gasteiger partial charge in [-0.05, 0) is 133 Å². The molecule has 0 aromatic rings. The maximum Gasteiger partial charge on any atom is 0.312 e. The summed E-state index contributed by atoms with van der Waals surface area (Å²) in [6.45, 7) is 36.9. The molecule has 17 heteroatoms. The van der Waals surface area contributed by atoms with Gasteiger partial charge in [-0.15, -0.1) is 0 Å². The van der Waals surface area contributed by atoms with Crippen LogP contribution in [-0.2, 0) is 81.0 Å². The zero-order valence-electron chi connectivity index (χ0n) is 60.1. The summed E-state index contributed by atoms with van der Waals surface area (Å²) in [6, 6.07) is 0. The Hall–Kier alpha value is -4.28. The standard InChI is InChI=1S/C10H16O2.C9H12O2.C8H10O2.C8H12O2.C7H8O3.C7H10O2.C5H8O2.C4H6O2.8C2H6/c1-2-7-4-3-5-8-9(7)6-12-10(8)11;10-9-7-3-5-1-2-6(7)8(4-5)11-9;9-8-6-2-4-1-5(6)7(3-4)10-8;9-8-7-4-2-1-3-6(7)5-10-8;8-7-4-1-3-2-5(10-7)6(4)9-3;8-7-5-2-1-3-6(4-5)9-7;6-5-3-1-2-4-7-5;5-4-2-1-3-6-4;8*1-2/h7-9H,2-6H2,1H3;5-8H,1-4H2;4-7H,1-3H2;6-7H,1-5H2;3-6H,1-2H2;5-6H,1-4H2;1-4H2;1-3H2;8*1-2H3. The molecular formula is C74H130O17. The molecule has 0 N–H and O–H groups in total. The molecular weight excluding hydrogens is 1160 g/mol. The Morgan fingerprint density at radius 2 is 0.879 bits per heavy atom. The molecule has 0 spiro atoms. The fourth-order valence-corrected chi connectivity index (χ4v) is 15.8. The fraction of sp³-hybridized carbons (Fsp3) is 0.892. The molecule has 0 radical (unpaired) electrons. The summed E-state index contributed by atoms with van der Waals surface area (Å²) in [7, 11) is 0. The van der Waals surface area contributed by atoms with E-state index in [0.717, 1.165) is 108 Å². The van der Waals surface area contributed by atoms with Crippen molar-refractivity contribution in [1.82, 2.24) is 0 Å². The van der Waals surface area contributed by atoms with Gasteiger partial charge < -0.3 is 42.6 Å². The van der Waals surface area contributed by atoms with Crippen molar-refractivity contribution in [2.75, 3.05) is 26.4 Å². The SMILES string of the molecule is CC.CC.CC.CC.CC.CC.CC.CC.CCC1CCCC2C(=O)OCC12.O=C1CCCCO1.O=C1CCCO1.O=C1OC2CC3CC1C2C3.O=C1OC2CC3CC1C2O3.O=C1OC2CC3CCC2C1C3.O=C1OC2CCCC1C2.O=C1OCC2CCCCC12. The third-order valence-corrected chi connectivity index (χ3v) is 19.8. The first-order valence-corrected chi connectivity index (χ1v) is 37.5. The second-order valence-electron chi connectivity index (χ2n) is 24.5. The van der Waals surface area contributed by atoms with E-state index in [1.165, 1.54) is 64.2 Å². The number of hydrogen-bond donors (Lipinski definition) is 0. The smallest absolute Gasteiger partial charge is 0.312 e. The van der Waals surface area contributed by atoms with Crippen LogP contribution in [0, 0.1) is 76.9 Å². The van der Waals surface area contributed by atoms with Crippen molar-refractivity contribution in [3.8, 4) is 0 Å². The minimum Gasteiger partial charge on any atom is -0.466 e. The summed E-state index contributed by atoms with van der Waals surface area (Å²) in [6.07, 6.45) is 29.9. The van der Waals surface area contributed by atoms with Crippen molar-refractivity contribution in [2.24, 2.45) is 76.9 Å². The molecule has 10 aliphatic heterocycles. The average molecular weight is 1290 g/mol. The molecule has 528 valence electrons. The van der Waals surface area contributed by atoms with Crippen molar-refractivity contribution < 1.29 is 81.0 Å². The van der Waals surface area contributed by atoms with Crippen LogP contribution in [0.15, 0.2) is 0 Å². The third-order valence-electron chi connectivity index (χ3n) is 19.8. The normalized spacial score (nSPS) is 35.9. The van der Waals surface area contributed by atoms with Crippen molar-refractivity contribution in [2.45, 2.75) is 321 Å². The Morgan fingerprint density at radius 3 is 1.35 bits per heavy atom. The number of ether oxygens (including phenoxy) is 9. The second-order valence-corrected chi connectivity index (χ2v) is 24.5. The minimum absolute atomic E-state index is 0.0324. The van der Waals surface area contributed by atoms with Gasteiger partial charge in [0.25, 0.3) is 0 Å². The molecule has 19 unspecified atom stereocenters. The van der Waals surface area contributed by atoms with E-state index < -0.39 is 0 Å². The zero-order chi connectivity index (χ0) is 68.2. The second kappa shape index (κ2) is 45.9. The van der Waals surface area contributed by atoms with Gasteiger partial charge in [0, 0.05) is 42.9 Å². The molecule has 10 bridgehead atoms. The van der Waals surface area contributed by atoms with Gasteiger partial charge in [-0.3, -0.25) is 38.4 Å². The van der Waals surface area contributed by atoms with Crippen LogP contribution in [0.4, 0.5) is 0 Å². The van der Waals surface area contributed by atoms with Gasteiger partial charge in [-0.25, -0.2) is 0 Å². The van der Waals surface area contributed by atoms with E-state index in [2.05, 4.69) is 16.4 Å². The summed E-state index contributed by atoms with van der Waals surface area (Å²) in [5.74, 6) is 6.47. The molecule has 8 saturated carbocycles. The molecule has 18 rings (SSSR count). The van der Waals surface area contributed by atoms with Gasteiger partial charge in [-0.1, -0.05) is 150 Å². The molecule has 18 fully saturated rings. The molecule has 18 aliphatic rings. The Morgan fingerprint density at radius 1 is 0.341 bits per heavy atom. The highest BCUT2D eigenvalue weighted by Gasteiger charge is 2.59. The number of rotatable bonds is 1. The van der Waals surface area contributed by atoms with Crippen LogP contribution in [0.5, 0.6) is 0 Å². The Labute approximate surface area is 551 Å². The minimum atomic E-state index is -0.0463. The number of hydrogen-bond acceptors (Lipinski definition) is 17. The van der Waals surface area contributed by atoms with Gasteiger partial charge in [0.1, 0.15) is 30.5 Å². The lowest BCUT2D eigenvalue weighted by atomic mass is 9.65. The predicted molar refractivity (Wildman–Crippen MR) is 354 cm³/mol. The van der Waals surface area contributed by atoms with Crippen molar-refractivity contribution in [3.05, 3.63) is 0 Å². The number of carbonyl (C=O) groups excluding carboxylic acids is 8. The number of esters is 8. The van der Waals surface area contributed by atoms with Crippen LogP contribution in [0.25, 0.3) is 0 Å². The maximum atomic E-state index is 11.2. The van der Waals surface area contributed by atoms with Crippen molar-refractivity contribution >= 4 is 47.8 Å². The van der Waals surface area contributed by atoms with Crippen LogP contribution >= 0.6 is 0 Å². The van der Waals surface area contributed by atoms with Crippen LogP contribution in [-0.4, -0.2) is 111 Å². The van der Waals surface area contributed by atoms with E-state index in [1.807, 2.05) is 111 Å². The highest BCUT2D eigenvalue weighted by atomic mass is 16.6. The number of cyclic esters (lactones) is 4. The summed E-state index contributed by atoms with van der Waals surface area (Å²) < 4.78 is 45.3. The highest BCUT2D eigenvalue weighted by Crippen LogP contribution is 2.54. The van der Waals surface area contributed by atoms with Gasteiger partial charge >= 0.3 is 47.8 Å². The first-order valence-electron chi connectivity index (χ1n) is 37.5. The first kappa shape index (κ1) is 82.8. The summed E-state index contributed by atoms with van der Waals surface area (Å²) in [5.41, 5.74) is 0. The molecule has 0 aromatic carbocycles. The summed E-state index contributed by atoms with van der Waals surface area (Å²) in [4.78, 5) is 86.6. The highest BCUT2D eigenvalue weighted by molar-refractivity contribution is 5.78. The molecule has 10 saturated heterocycles. The average Bonchev–Trinajstić information content (AvgIpc) is 1.63. The fourth-order valence-electron chi connectivity index (χ4n) is 15.8. The van der Waals surface area contributed by atoms with Gasteiger partial charge in [0.05, 0.1) is 68.0 Å². The van der Waals surface area contributed by atoms with Crippen LogP contribution < -0.4 is 0 Å². The number of carbonyl (C=O) groups is 8. The molecule has 0 amide bonds. The van der Waals surface area contributed by atoms with Gasteiger partial charge in [-0.2, -0.15) is 0 Å². The van der Waals surface area contributed by atoms with E-state index in [4.69, 9.17) is 33.2 Å². The Bertz CT molecular complexity index is 2030. The third kappa shape index (κ3) is 23.8. The maximum absolute atomic E-state index is 11.2. The zero-order valence-corrected chi connectivity index (χ0v) is 60.1. The van der Waals surface area contributed by atoms with Gasteiger partial charge in [0.2, 0.25) is 0 Å². The monoisotopic (exact) mass is 1290 g/mol. The van der Waals surface area contributed by atoms with E-state index >= 15 is 0 Å². The van der Waals surface area contributed by atoms with Crippen molar-refractivity contribution in [3.63, 3.8) is 0 Å². The molecule has 10 heterocycles. The molecule has 19 atom stereocenters. The summed E-state index contributed by atoms with van der Waals surface area (Å²) >= 11 is 0. The van der Waals surface area contributed by atoms with E-state index in [1.54, 1.807) is 0 Å². The lowest BCUT2D eigenvalue weighted by molar-refractivity contribution is -0.147. The van der Waals surface area contributed by atoms with E-state index in [-0.39, 0.29) is 89.7 Å². The lowest BCUT2D eigenvalue weighted by Crippen LogP contribution is -2.36. The molecule has 8 aliphatic carbocycles. The van der Waals surface area contributed by atoms with E-state index in [0.29, 0.717) is 93.1 Å². The molecule has 91 heavy (non-hydrogen) atoms. The Kier molecular flexibility index (Phi) is 41.8. The van der Waals surface area contributed by atoms with Crippen LogP contribution in [0.2, 0.25) is 0 Å². The topological polar surface area (TPSA) is 220 Å². The van der Waals surface area contributed by atoms with Crippen LogP contribution in [0.1, 0.15) is 285 Å². The quantitative estimate of drug-likeness (QED) is 0.176. The lowest BCUT2D eigenvalue weighted by Gasteiger charge is -2.38. The molecule has 17 nitrogen and oxygen atoms in total. The largest absolute Gasteiger partial charge is 0.466 e. The molecule has 0 aromatic heterocycles. The number of fused-ring (bicyclic) bond motifs is 7.